The molecule has 1 amide bonds. The Hall–Kier alpha value is -1.29. The van der Waals surface area contributed by atoms with Gasteiger partial charge in [0.2, 0.25) is 5.91 Å². The number of nitrogens with one attached hydrogen (secondary N) is 1. The second kappa shape index (κ2) is 4.70. The van der Waals surface area contributed by atoms with Gasteiger partial charge in [-0.25, -0.2) is 4.98 Å². The minimum atomic E-state index is -0.0801. The number of anilines is 1. The fourth-order valence-corrected chi connectivity index (χ4v) is 2.25. The maximum absolute atomic E-state index is 11.7. The summed E-state index contributed by atoms with van der Waals surface area (Å²) in [6, 6.07) is 3.60. The van der Waals surface area contributed by atoms with Crippen LogP contribution in [0.15, 0.2) is 18.3 Å². The van der Waals surface area contributed by atoms with Crippen LogP contribution in [0.1, 0.15) is 12.8 Å². The Morgan fingerprint density at radius 2 is 2.50 bits per heavy atom. The Balaban J connectivity index is 2.23. The van der Waals surface area contributed by atoms with Gasteiger partial charge in [-0.2, -0.15) is 0 Å². The molecule has 1 aromatic heterocycles. The quantitative estimate of drug-likeness (QED) is 0.795. The van der Waals surface area contributed by atoms with Crippen molar-refractivity contribution in [2.45, 2.75) is 18.9 Å². The smallest absolute Gasteiger partial charge is 0.242 e. The SMILES string of the molecule is CNC(=O)C1CCCN1c1ccnc(Cl)c1. The summed E-state index contributed by atoms with van der Waals surface area (Å²) in [6.45, 7) is 0.887. The largest absolute Gasteiger partial charge is 0.359 e. The van der Waals surface area contributed by atoms with E-state index in [0.717, 1.165) is 25.1 Å². The predicted molar refractivity (Wildman–Crippen MR) is 63.7 cm³/mol. The molecule has 86 valence electrons. The van der Waals surface area contributed by atoms with E-state index in [1.807, 2.05) is 6.07 Å². The molecule has 0 radical (unpaired) electrons. The highest BCUT2D eigenvalue weighted by Gasteiger charge is 2.30. The van der Waals surface area contributed by atoms with Crippen molar-refractivity contribution in [1.29, 1.82) is 0 Å². The van der Waals surface area contributed by atoms with E-state index in [2.05, 4.69) is 15.2 Å². The van der Waals surface area contributed by atoms with Crippen molar-refractivity contribution in [3.63, 3.8) is 0 Å². The van der Waals surface area contributed by atoms with Crippen LogP contribution in [0.5, 0.6) is 0 Å². The molecular formula is C11H14ClN3O. The summed E-state index contributed by atoms with van der Waals surface area (Å²) in [5, 5.41) is 3.15. The number of rotatable bonds is 2. The van der Waals surface area contributed by atoms with Gasteiger partial charge in [-0.3, -0.25) is 4.79 Å². The molecule has 0 bridgehead atoms. The Morgan fingerprint density at radius 3 is 3.19 bits per heavy atom. The zero-order valence-corrected chi connectivity index (χ0v) is 9.87. The summed E-state index contributed by atoms with van der Waals surface area (Å²) in [6.07, 6.45) is 3.58. The molecular weight excluding hydrogens is 226 g/mol. The van der Waals surface area contributed by atoms with Crippen LogP contribution in [0.2, 0.25) is 5.15 Å². The van der Waals surface area contributed by atoms with E-state index in [-0.39, 0.29) is 11.9 Å². The first-order chi connectivity index (χ1) is 7.72. The van der Waals surface area contributed by atoms with E-state index < -0.39 is 0 Å². The van der Waals surface area contributed by atoms with Gasteiger partial charge in [0.15, 0.2) is 0 Å². The number of aromatic nitrogens is 1. The molecule has 1 aromatic rings. The first-order valence-electron chi connectivity index (χ1n) is 5.32. The maximum Gasteiger partial charge on any atom is 0.242 e. The van der Waals surface area contributed by atoms with Gasteiger partial charge in [0, 0.05) is 25.5 Å². The van der Waals surface area contributed by atoms with E-state index in [1.54, 1.807) is 19.3 Å². The van der Waals surface area contributed by atoms with Gasteiger partial charge in [-0.05, 0) is 25.0 Å². The first-order valence-corrected chi connectivity index (χ1v) is 5.70. The Morgan fingerprint density at radius 1 is 1.69 bits per heavy atom. The van der Waals surface area contributed by atoms with Crippen LogP contribution in [-0.2, 0) is 4.79 Å². The Bertz CT molecular complexity index is 397. The van der Waals surface area contributed by atoms with Crippen LogP contribution in [0.4, 0.5) is 5.69 Å². The molecule has 0 spiro atoms. The van der Waals surface area contributed by atoms with E-state index in [0.29, 0.717) is 5.15 Å². The number of hydrogen-bond acceptors (Lipinski definition) is 3. The molecule has 4 nitrogen and oxygen atoms in total. The van der Waals surface area contributed by atoms with Crippen LogP contribution in [-0.4, -0.2) is 30.5 Å². The lowest BCUT2D eigenvalue weighted by Gasteiger charge is -2.25. The number of nitrogens with zero attached hydrogens (tertiary/aromatic N) is 2. The van der Waals surface area contributed by atoms with Gasteiger partial charge in [-0.15, -0.1) is 0 Å². The molecule has 1 fully saturated rings. The van der Waals surface area contributed by atoms with Crippen molar-refractivity contribution in [1.82, 2.24) is 10.3 Å². The number of likely N-dealkylation sites (N-methyl/N-ethyl adjacent to an activating group) is 1. The second-order valence-electron chi connectivity index (χ2n) is 3.80. The summed E-state index contributed by atoms with van der Waals surface area (Å²) in [4.78, 5) is 17.7. The average molecular weight is 240 g/mol. The topological polar surface area (TPSA) is 45.2 Å². The van der Waals surface area contributed by atoms with Gasteiger partial charge in [0.05, 0.1) is 0 Å². The summed E-state index contributed by atoms with van der Waals surface area (Å²) < 4.78 is 0. The van der Waals surface area contributed by atoms with Crippen LogP contribution in [0.25, 0.3) is 0 Å². The number of amides is 1. The maximum atomic E-state index is 11.7. The van der Waals surface area contributed by atoms with Gasteiger partial charge < -0.3 is 10.2 Å². The lowest BCUT2D eigenvalue weighted by molar-refractivity contribution is -0.121. The van der Waals surface area contributed by atoms with Crippen molar-refractivity contribution in [2.75, 3.05) is 18.5 Å². The molecule has 1 aliphatic heterocycles. The second-order valence-corrected chi connectivity index (χ2v) is 4.19. The monoisotopic (exact) mass is 239 g/mol. The van der Waals surface area contributed by atoms with Crippen LogP contribution < -0.4 is 10.2 Å². The molecule has 1 unspecified atom stereocenters. The highest BCUT2D eigenvalue weighted by Crippen LogP contribution is 2.26. The van der Waals surface area contributed by atoms with E-state index in [4.69, 9.17) is 11.6 Å². The number of carbonyl (C=O) groups excluding carboxylic acids is 1. The number of pyridine rings is 1. The van der Waals surface area contributed by atoms with Gasteiger partial charge in [0.1, 0.15) is 11.2 Å². The summed E-state index contributed by atoms with van der Waals surface area (Å²) in [7, 11) is 1.67. The Kier molecular flexibility index (Phi) is 3.29. The molecule has 1 atom stereocenters. The predicted octanol–water partition coefficient (Wildman–Crippen LogP) is 1.45. The molecule has 2 heterocycles. The van der Waals surface area contributed by atoms with Gasteiger partial charge >= 0.3 is 0 Å². The van der Waals surface area contributed by atoms with E-state index in [9.17, 15) is 4.79 Å². The highest BCUT2D eigenvalue weighted by atomic mass is 35.5. The third kappa shape index (κ3) is 2.11. The fourth-order valence-electron chi connectivity index (χ4n) is 2.09. The molecule has 1 saturated heterocycles. The first kappa shape index (κ1) is 11.2. The molecule has 1 aliphatic rings. The van der Waals surface area contributed by atoms with Crippen LogP contribution in [0.3, 0.4) is 0 Å². The van der Waals surface area contributed by atoms with Crippen molar-refractivity contribution < 1.29 is 4.79 Å². The summed E-state index contributed by atoms with van der Waals surface area (Å²) in [5.74, 6) is 0.0606. The van der Waals surface area contributed by atoms with E-state index in [1.165, 1.54) is 0 Å². The lowest BCUT2D eigenvalue weighted by atomic mass is 10.2. The lowest BCUT2D eigenvalue weighted by Crippen LogP contribution is -2.42. The molecule has 2 rings (SSSR count). The number of carbonyl (C=O) groups is 1. The van der Waals surface area contributed by atoms with Crippen molar-refractivity contribution >= 4 is 23.2 Å². The summed E-state index contributed by atoms with van der Waals surface area (Å²) in [5.41, 5.74) is 0.964. The van der Waals surface area contributed by atoms with Crippen molar-refractivity contribution in [2.24, 2.45) is 0 Å². The van der Waals surface area contributed by atoms with Crippen LogP contribution in [0, 0.1) is 0 Å². The number of hydrogen-bond donors (Lipinski definition) is 1. The normalized spacial score (nSPS) is 19.9. The third-order valence-corrected chi connectivity index (χ3v) is 3.05. The summed E-state index contributed by atoms with van der Waals surface area (Å²) >= 11 is 5.85. The van der Waals surface area contributed by atoms with Crippen molar-refractivity contribution in [3.8, 4) is 0 Å². The minimum absolute atomic E-state index is 0.0606. The molecule has 16 heavy (non-hydrogen) atoms. The van der Waals surface area contributed by atoms with Crippen molar-refractivity contribution in [3.05, 3.63) is 23.5 Å². The minimum Gasteiger partial charge on any atom is -0.359 e. The standard InChI is InChI=1S/C11H14ClN3O/c1-13-11(16)9-3-2-6-15(9)8-4-5-14-10(12)7-8/h4-5,7,9H,2-3,6H2,1H3,(H,13,16). The van der Waals surface area contributed by atoms with Gasteiger partial charge in [0.25, 0.3) is 0 Å². The number of halogens is 1. The molecule has 0 saturated carbocycles. The van der Waals surface area contributed by atoms with E-state index >= 15 is 0 Å². The van der Waals surface area contributed by atoms with Gasteiger partial charge in [-0.1, -0.05) is 11.6 Å². The zero-order chi connectivity index (χ0) is 11.5. The molecule has 0 aliphatic carbocycles. The fraction of sp³-hybridized carbons (Fsp3) is 0.455. The average Bonchev–Trinajstić information content (AvgIpc) is 2.77. The third-order valence-electron chi connectivity index (χ3n) is 2.84. The highest BCUT2D eigenvalue weighted by molar-refractivity contribution is 6.29. The molecule has 0 aromatic carbocycles. The van der Waals surface area contributed by atoms with Crippen LogP contribution >= 0.6 is 11.6 Å². The zero-order valence-electron chi connectivity index (χ0n) is 9.11. The molecule has 1 N–H and O–H groups in total. The molecule has 5 heteroatoms. The Labute approximate surface area is 99.6 Å².